The van der Waals surface area contributed by atoms with Gasteiger partial charge in [0.25, 0.3) is 5.91 Å². The second-order valence-corrected chi connectivity index (χ2v) is 6.22. The zero-order valence-electron chi connectivity index (χ0n) is 15.2. The van der Waals surface area contributed by atoms with Crippen LogP contribution in [0.3, 0.4) is 0 Å². The van der Waals surface area contributed by atoms with Crippen molar-refractivity contribution >= 4 is 28.8 Å². The normalized spacial score (nSPS) is 11.0. The van der Waals surface area contributed by atoms with Crippen molar-refractivity contribution in [2.75, 3.05) is 10.6 Å². The number of Topliss-reactive ketones (excluding diaryl/α,β-unsaturated/α-hetero) is 1. The zero-order chi connectivity index (χ0) is 21.0. The Morgan fingerprint density at radius 3 is 1.93 bits per heavy atom. The maximum atomic E-state index is 12.6. The summed E-state index contributed by atoms with van der Waals surface area (Å²) >= 11 is 0. The SMILES string of the molecule is CC(=O)c1ccc(NC(=O)c2ccc(Nc3ccc(C(F)(F)F)cc3)cn2)cc1. The van der Waals surface area contributed by atoms with Gasteiger partial charge in [-0.1, -0.05) is 0 Å². The molecule has 0 fully saturated rings. The highest BCUT2D eigenvalue weighted by Crippen LogP contribution is 2.30. The first-order valence-electron chi connectivity index (χ1n) is 8.55. The minimum atomic E-state index is -4.39. The molecule has 148 valence electrons. The van der Waals surface area contributed by atoms with Crippen molar-refractivity contribution in [2.45, 2.75) is 13.1 Å². The van der Waals surface area contributed by atoms with Gasteiger partial charge in [0, 0.05) is 16.9 Å². The summed E-state index contributed by atoms with van der Waals surface area (Å²) < 4.78 is 37.8. The number of carbonyl (C=O) groups is 2. The molecule has 0 saturated heterocycles. The number of aromatic nitrogens is 1. The van der Waals surface area contributed by atoms with E-state index in [1.54, 1.807) is 30.3 Å². The van der Waals surface area contributed by atoms with Crippen LogP contribution >= 0.6 is 0 Å². The van der Waals surface area contributed by atoms with E-state index in [2.05, 4.69) is 15.6 Å². The number of rotatable bonds is 5. The van der Waals surface area contributed by atoms with Crippen molar-refractivity contribution in [3.05, 3.63) is 83.7 Å². The van der Waals surface area contributed by atoms with E-state index in [0.29, 0.717) is 22.6 Å². The Kier molecular flexibility index (Phi) is 5.63. The number of halogens is 3. The van der Waals surface area contributed by atoms with Crippen LogP contribution in [0.5, 0.6) is 0 Å². The molecule has 8 heteroatoms. The Labute approximate surface area is 164 Å². The fraction of sp³-hybridized carbons (Fsp3) is 0.0952. The third kappa shape index (κ3) is 5.19. The van der Waals surface area contributed by atoms with Crippen LogP contribution in [-0.4, -0.2) is 16.7 Å². The molecule has 2 aromatic carbocycles. The molecular formula is C21H16F3N3O2. The van der Waals surface area contributed by atoms with Crippen molar-refractivity contribution in [1.29, 1.82) is 0 Å². The summed E-state index contributed by atoms with van der Waals surface area (Å²) in [7, 11) is 0. The first-order valence-corrected chi connectivity index (χ1v) is 8.55. The Balaban J connectivity index is 1.63. The molecule has 0 aliphatic carbocycles. The van der Waals surface area contributed by atoms with E-state index in [4.69, 9.17) is 0 Å². The van der Waals surface area contributed by atoms with E-state index in [1.165, 1.54) is 31.3 Å². The van der Waals surface area contributed by atoms with Gasteiger partial charge in [-0.05, 0) is 67.6 Å². The molecule has 0 radical (unpaired) electrons. The van der Waals surface area contributed by atoms with Gasteiger partial charge >= 0.3 is 6.18 Å². The average Bonchev–Trinajstić information content (AvgIpc) is 2.68. The Morgan fingerprint density at radius 2 is 1.41 bits per heavy atom. The highest BCUT2D eigenvalue weighted by atomic mass is 19.4. The number of nitrogens with zero attached hydrogens (tertiary/aromatic N) is 1. The molecule has 1 aromatic heterocycles. The van der Waals surface area contributed by atoms with Crippen molar-refractivity contribution in [3.63, 3.8) is 0 Å². The lowest BCUT2D eigenvalue weighted by molar-refractivity contribution is -0.137. The summed E-state index contributed by atoms with van der Waals surface area (Å²) in [5.41, 5.74) is 1.48. The van der Waals surface area contributed by atoms with E-state index in [-0.39, 0.29) is 11.5 Å². The van der Waals surface area contributed by atoms with E-state index in [1.807, 2.05) is 0 Å². The van der Waals surface area contributed by atoms with Crippen LogP contribution in [0.2, 0.25) is 0 Å². The number of alkyl halides is 3. The van der Waals surface area contributed by atoms with Crippen LogP contribution in [0.25, 0.3) is 0 Å². The van der Waals surface area contributed by atoms with E-state index in [0.717, 1.165) is 12.1 Å². The summed E-state index contributed by atoms with van der Waals surface area (Å²) in [4.78, 5) is 27.6. The Morgan fingerprint density at radius 1 is 0.828 bits per heavy atom. The second kappa shape index (κ2) is 8.14. The highest BCUT2D eigenvalue weighted by molar-refractivity contribution is 6.03. The van der Waals surface area contributed by atoms with Crippen LogP contribution in [0.1, 0.15) is 33.3 Å². The molecule has 0 atom stereocenters. The van der Waals surface area contributed by atoms with Gasteiger partial charge in [0.05, 0.1) is 17.4 Å². The largest absolute Gasteiger partial charge is 0.416 e. The predicted molar refractivity (Wildman–Crippen MR) is 103 cm³/mol. The number of pyridine rings is 1. The summed E-state index contributed by atoms with van der Waals surface area (Å²) in [6, 6.07) is 14.1. The zero-order valence-corrected chi connectivity index (χ0v) is 15.2. The molecular weight excluding hydrogens is 383 g/mol. The lowest BCUT2D eigenvalue weighted by Gasteiger charge is -2.10. The van der Waals surface area contributed by atoms with Gasteiger partial charge in [0.1, 0.15) is 5.69 Å². The second-order valence-electron chi connectivity index (χ2n) is 6.22. The van der Waals surface area contributed by atoms with Gasteiger partial charge in [0.2, 0.25) is 0 Å². The van der Waals surface area contributed by atoms with Gasteiger partial charge in [-0.3, -0.25) is 9.59 Å². The van der Waals surface area contributed by atoms with Gasteiger partial charge in [-0.15, -0.1) is 0 Å². The lowest BCUT2D eigenvalue weighted by atomic mass is 10.1. The number of hydrogen-bond acceptors (Lipinski definition) is 4. The number of amides is 1. The summed E-state index contributed by atoms with van der Waals surface area (Å²) in [5, 5.41) is 5.60. The molecule has 1 heterocycles. The first-order chi connectivity index (χ1) is 13.7. The average molecular weight is 399 g/mol. The van der Waals surface area contributed by atoms with Crippen molar-refractivity contribution in [2.24, 2.45) is 0 Å². The molecule has 29 heavy (non-hydrogen) atoms. The molecule has 0 aliphatic rings. The molecule has 0 bridgehead atoms. The molecule has 0 saturated carbocycles. The number of anilines is 3. The number of nitrogens with one attached hydrogen (secondary N) is 2. The summed E-state index contributed by atoms with van der Waals surface area (Å²) in [6.07, 6.45) is -2.98. The van der Waals surface area contributed by atoms with Gasteiger partial charge in [0.15, 0.2) is 5.78 Å². The van der Waals surface area contributed by atoms with Crippen LogP contribution in [0.4, 0.5) is 30.2 Å². The quantitative estimate of drug-likeness (QED) is 0.571. The predicted octanol–water partition coefficient (Wildman–Crippen LogP) is 5.30. The fourth-order valence-corrected chi connectivity index (χ4v) is 2.49. The van der Waals surface area contributed by atoms with Crippen molar-refractivity contribution in [3.8, 4) is 0 Å². The van der Waals surface area contributed by atoms with Crippen LogP contribution < -0.4 is 10.6 Å². The molecule has 0 unspecified atom stereocenters. The summed E-state index contributed by atoms with van der Waals surface area (Å²) in [6.45, 7) is 1.46. The van der Waals surface area contributed by atoms with E-state index < -0.39 is 17.6 Å². The lowest BCUT2D eigenvalue weighted by Crippen LogP contribution is -2.13. The number of carbonyl (C=O) groups excluding carboxylic acids is 2. The van der Waals surface area contributed by atoms with Gasteiger partial charge in [-0.25, -0.2) is 4.98 Å². The Hall–Kier alpha value is -3.68. The number of benzene rings is 2. The first kappa shape index (κ1) is 20.1. The van der Waals surface area contributed by atoms with Crippen LogP contribution in [0, 0.1) is 0 Å². The van der Waals surface area contributed by atoms with Crippen molar-refractivity contribution < 1.29 is 22.8 Å². The molecule has 5 nitrogen and oxygen atoms in total. The third-order valence-electron chi connectivity index (χ3n) is 4.05. The van der Waals surface area contributed by atoms with E-state index in [9.17, 15) is 22.8 Å². The van der Waals surface area contributed by atoms with Gasteiger partial charge in [-0.2, -0.15) is 13.2 Å². The van der Waals surface area contributed by atoms with Crippen LogP contribution in [0.15, 0.2) is 66.9 Å². The maximum absolute atomic E-state index is 12.6. The molecule has 1 amide bonds. The summed E-state index contributed by atoms with van der Waals surface area (Å²) in [5.74, 6) is -0.498. The minimum absolute atomic E-state index is 0.0688. The minimum Gasteiger partial charge on any atom is -0.354 e. The fourth-order valence-electron chi connectivity index (χ4n) is 2.49. The molecule has 0 aliphatic heterocycles. The molecule has 3 rings (SSSR count). The smallest absolute Gasteiger partial charge is 0.354 e. The monoisotopic (exact) mass is 399 g/mol. The standard InChI is InChI=1S/C21H16F3N3O2/c1-13(28)14-2-6-17(7-3-14)27-20(29)19-11-10-18(12-25-19)26-16-8-4-15(5-9-16)21(22,23)24/h2-12,26H,1H3,(H,27,29). The molecule has 3 aromatic rings. The van der Waals surface area contributed by atoms with E-state index >= 15 is 0 Å². The Bertz CT molecular complexity index is 1010. The topological polar surface area (TPSA) is 71.1 Å². The number of hydrogen-bond donors (Lipinski definition) is 2. The molecule has 2 N–H and O–H groups in total. The van der Waals surface area contributed by atoms with Crippen molar-refractivity contribution in [1.82, 2.24) is 4.98 Å². The highest BCUT2D eigenvalue weighted by Gasteiger charge is 2.29. The number of ketones is 1. The van der Waals surface area contributed by atoms with Crippen LogP contribution in [-0.2, 0) is 6.18 Å². The molecule has 0 spiro atoms. The van der Waals surface area contributed by atoms with Gasteiger partial charge < -0.3 is 10.6 Å². The third-order valence-corrected chi connectivity index (χ3v) is 4.05. The maximum Gasteiger partial charge on any atom is 0.416 e.